The molecule has 0 saturated carbocycles. The van der Waals surface area contributed by atoms with Crippen molar-refractivity contribution in [3.8, 4) is 11.3 Å². The molecule has 2 aliphatic rings. The first-order valence-electron chi connectivity index (χ1n) is 12.0. The molecule has 1 aromatic heterocycles. The van der Waals surface area contributed by atoms with Gasteiger partial charge in [-0.3, -0.25) is 15.5 Å². The number of sulfonamides is 1. The Labute approximate surface area is 223 Å². The zero-order valence-electron chi connectivity index (χ0n) is 20.4. The van der Waals surface area contributed by atoms with E-state index < -0.39 is 14.9 Å². The Hall–Kier alpha value is -3.43. The molecule has 0 amide bonds. The molecular formula is C24H26N6O6S2. The number of hydrogen-bond donors (Lipinski definition) is 1. The lowest BCUT2D eigenvalue weighted by atomic mass is 10.1. The predicted molar refractivity (Wildman–Crippen MR) is 144 cm³/mol. The molecule has 0 atom stereocenters. The van der Waals surface area contributed by atoms with Gasteiger partial charge >= 0.3 is 0 Å². The molecule has 2 fully saturated rings. The van der Waals surface area contributed by atoms with Crippen LogP contribution in [0.15, 0.2) is 58.5 Å². The molecule has 38 heavy (non-hydrogen) atoms. The lowest BCUT2D eigenvalue weighted by Gasteiger charge is -2.26. The number of benzene rings is 2. The summed E-state index contributed by atoms with van der Waals surface area (Å²) < 4.78 is 38.7. The quantitative estimate of drug-likeness (QED) is 0.251. The Morgan fingerprint density at radius 2 is 1.71 bits per heavy atom. The minimum atomic E-state index is -4.02. The van der Waals surface area contributed by atoms with E-state index in [4.69, 9.17) is 14.5 Å². The van der Waals surface area contributed by atoms with Gasteiger partial charge in [0, 0.05) is 43.9 Å². The number of nitro groups is 1. The van der Waals surface area contributed by atoms with Gasteiger partial charge < -0.3 is 14.4 Å². The van der Waals surface area contributed by atoms with E-state index in [2.05, 4.69) is 15.4 Å². The fourth-order valence-corrected chi connectivity index (χ4v) is 6.70. The van der Waals surface area contributed by atoms with Crippen LogP contribution in [-0.2, 0) is 19.5 Å². The van der Waals surface area contributed by atoms with Crippen LogP contribution >= 0.6 is 11.3 Å². The molecule has 2 aliphatic heterocycles. The van der Waals surface area contributed by atoms with Gasteiger partial charge in [0.15, 0.2) is 5.13 Å². The molecule has 0 unspecified atom stereocenters. The van der Waals surface area contributed by atoms with E-state index in [1.165, 1.54) is 27.8 Å². The molecule has 3 aromatic rings. The number of ether oxygens (including phenoxy) is 2. The maximum absolute atomic E-state index is 13.4. The standard InChI is InChI=1S/C24H26N6O6S2/c31-30(32)19-6-7-20(22(16-19)38(33,34)29-10-14-36-15-11-29)27-25-17-21-23(18-4-2-1-3-5-18)26-24(37-21)28-8-12-35-13-9-28/h1-7,16-17,27H,8-15H2/b25-17-. The molecule has 0 spiro atoms. The van der Waals surface area contributed by atoms with E-state index in [0.717, 1.165) is 40.4 Å². The number of non-ortho nitro benzene ring substituents is 1. The highest BCUT2D eigenvalue weighted by Gasteiger charge is 2.30. The topological polar surface area (TPSA) is 140 Å². The van der Waals surface area contributed by atoms with Crippen molar-refractivity contribution in [2.45, 2.75) is 4.90 Å². The van der Waals surface area contributed by atoms with Crippen molar-refractivity contribution in [2.75, 3.05) is 62.9 Å². The van der Waals surface area contributed by atoms with E-state index in [9.17, 15) is 18.5 Å². The lowest BCUT2D eigenvalue weighted by Crippen LogP contribution is -2.40. The monoisotopic (exact) mass is 558 g/mol. The maximum atomic E-state index is 13.4. The van der Waals surface area contributed by atoms with Gasteiger partial charge in [-0.1, -0.05) is 41.7 Å². The van der Waals surface area contributed by atoms with E-state index in [0.29, 0.717) is 13.2 Å². The summed E-state index contributed by atoms with van der Waals surface area (Å²) in [6, 6.07) is 13.4. The van der Waals surface area contributed by atoms with Crippen LogP contribution in [-0.4, -0.2) is 81.5 Å². The summed E-state index contributed by atoms with van der Waals surface area (Å²) in [6.07, 6.45) is 1.59. The third-order valence-corrected chi connectivity index (χ3v) is 9.09. The largest absolute Gasteiger partial charge is 0.379 e. The van der Waals surface area contributed by atoms with E-state index in [1.54, 1.807) is 6.21 Å². The molecule has 5 rings (SSSR count). The second-order valence-electron chi connectivity index (χ2n) is 8.50. The summed E-state index contributed by atoms with van der Waals surface area (Å²) in [4.78, 5) is 18.3. The fourth-order valence-electron chi connectivity index (χ4n) is 4.12. The van der Waals surface area contributed by atoms with Gasteiger partial charge in [0.25, 0.3) is 5.69 Å². The molecular weight excluding hydrogens is 532 g/mol. The predicted octanol–water partition coefficient (Wildman–Crippen LogP) is 3.02. The summed E-state index contributed by atoms with van der Waals surface area (Å²) in [5.41, 5.74) is 4.29. The number of nitro benzene ring substituents is 1. The highest BCUT2D eigenvalue weighted by Crippen LogP contribution is 2.33. The molecule has 0 radical (unpaired) electrons. The van der Waals surface area contributed by atoms with Crippen LogP contribution in [0.5, 0.6) is 0 Å². The molecule has 0 bridgehead atoms. The van der Waals surface area contributed by atoms with Gasteiger partial charge in [0.05, 0.1) is 53.8 Å². The zero-order chi connectivity index (χ0) is 26.5. The first kappa shape index (κ1) is 26.2. The highest BCUT2D eigenvalue weighted by atomic mass is 32.2. The SMILES string of the molecule is O=[N+]([O-])c1ccc(N/N=C\c2sc(N3CCOCC3)nc2-c2ccccc2)c(S(=O)(=O)N2CCOCC2)c1. The van der Waals surface area contributed by atoms with Gasteiger partial charge in [-0.2, -0.15) is 9.41 Å². The third-order valence-electron chi connectivity index (χ3n) is 6.10. The first-order valence-corrected chi connectivity index (χ1v) is 14.2. The van der Waals surface area contributed by atoms with E-state index in [1.807, 2.05) is 30.3 Å². The third kappa shape index (κ3) is 5.68. The van der Waals surface area contributed by atoms with Crippen molar-refractivity contribution in [3.05, 3.63) is 63.5 Å². The number of morpholine rings is 2. The summed E-state index contributed by atoms with van der Waals surface area (Å²) >= 11 is 1.48. The van der Waals surface area contributed by atoms with Crippen molar-refractivity contribution in [2.24, 2.45) is 5.10 Å². The minimum Gasteiger partial charge on any atom is -0.379 e. The van der Waals surface area contributed by atoms with Crippen LogP contribution in [0.4, 0.5) is 16.5 Å². The Morgan fingerprint density at radius 1 is 1.03 bits per heavy atom. The number of anilines is 2. The van der Waals surface area contributed by atoms with Crippen LogP contribution in [0.3, 0.4) is 0 Å². The Bertz CT molecular complexity index is 1420. The van der Waals surface area contributed by atoms with E-state index >= 15 is 0 Å². The average molecular weight is 559 g/mol. The molecule has 0 aliphatic carbocycles. The number of thiazole rings is 1. The molecule has 12 nitrogen and oxygen atoms in total. The summed E-state index contributed by atoms with van der Waals surface area (Å²) in [5, 5.41) is 16.6. The van der Waals surface area contributed by atoms with Gasteiger partial charge in [-0.25, -0.2) is 13.4 Å². The molecule has 3 heterocycles. The smallest absolute Gasteiger partial charge is 0.270 e. The second-order valence-corrected chi connectivity index (χ2v) is 11.4. The highest BCUT2D eigenvalue weighted by molar-refractivity contribution is 7.89. The van der Waals surface area contributed by atoms with Crippen LogP contribution in [0.2, 0.25) is 0 Å². The number of nitrogens with one attached hydrogen (secondary N) is 1. The Balaban J connectivity index is 1.46. The fraction of sp³-hybridized carbons (Fsp3) is 0.333. The van der Waals surface area contributed by atoms with Gasteiger partial charge in [0.1, 0.15) is 4.90 Å². The lowest BCUT2D eigenvalue weighted by molar-refractivity contribution is -0.385. The molecule has 2 saturated heterocycles. The van der Waals surface area contributed by atoms with Crippen LogP contribution in [0.25, 0.3) is 11.3 Å². The van der Waals surface area contributed by atoms with Crippen molar-refractivity contribution in [3.63, 3.8) is 0 Å². The van der Waals surface area contributed by atoms with Crippen molar-refractivity contribution < 1.29 is 22.8 Å². The Morgan fingerprint density at radius 3 is 2.39 bits per heavy atom. The maximum Gasteiger partial charge on any atom is 0.270 e. The number of hydrazone groups is 1. The summed E-state index contributed by atoms with van der Waals surface area (Å²) in [6.45, 7) is 3.59. The summed E-state index contributed by atoms with van der Waals surface area (Å²) in [7, 11) is -4.02. The number of aromatic nitrogens is 1. The number of rotatable bonds is 8. The van der Waals surface area contributed by atoms with Crippen LogP contribution in [0.1, 0.15) is 4.88 Å². The van der Waals surface area contributed by atoms with Gasteiger partial charge in [-0.15, -0.1) is 0 Å². The number of hydrogen-bond acceptors (Lipinski definition) is 11. The molecule has 200 valence electrons. The van der Waals surface area contributed by atoms with Crippen LogP contribution in [0, 0.1) is 10.1 Å². The van der Waals surface area contributed by atoms with Crippen LogP contribution < -0.4 is 10.3 Å². The average Bonchev–Trinajstić information content (AvgIpc) is 3.38. The molecule has 2 aromatic carbocycles. The van der Waals surface area contributed by atoms with Crippen molar-refractivity contribution in [1.82, 2.24) is 9.29 Å². The Kier molecular flexibility index (Phi) is 7.95. The molecule has 14 heteroatoms. The van der Waals surface area contributed by atoms with Crippen molar-refractivity contribution >= 4 is 44.1 Å². The van der Waals surface area contributed by atoms with Gasteiger partial charge in [-0.05, 0) is 6.07 Å². The zero-order valence-corrected chi connectivity index (χ0v) is 22.0. The van der Waals surface area contributed by atoms with E-state index in [-0.39, 0.29) is 42.6 Å². The minimum absolute atomic E-state index is 0.137. The first-order chi connectivity index (χ1) is 18.4. The molecule has 1 N–H and O–H groups in total. The normalized spacial score (nSPS) is 17.1. The van der Waals surface area contributed by atoms with Crippen molar-refractivity contribution in [1.29, 1.82) is 0 Å². The number of nitrogens with zero attached hydrogens (tertiary/aromatic N) is 5. The second kappa shape index (κ2) is 11.5. The van der Waals surface area contributed by atoms with Gasteiger partial charge in [0.2, 0.25) is 10.0 Å². The summed E-state index contributed by atoms with van der Waals surface area (Å²) in [5.74, 6) is 0.